The highest BCUT2D eigenvalue weighted by Crippen LogP contribution is 2.19. The maximum atomic E-state index is 12.5. The summed E-state index contributed by atoms with van der Waals surface area (Å²) in [5.74, 6) is 0.927. The number of nitrogens with one attached hydrogen (secondary N) is 2. The van der Waals surface area contributed by atoms with Crippen molar-refractivity contribution in [2.75, 3.05) is 6.54 Å². The van der Waals surface area contributed by atoms with Gasteiger partial charge in [0.2, 0.25) is 11.8 Å². The second-order valence-electron chi connectivity index (χ2n) is 6.74. The molecule has 0 radical (unpaired) electrons. The Kier molecular flexibility index (Phi) is 5.68. The molecule has 0 aliphatic heterocycles. The number of imidazole rings is 1. The summed E-state index contributed by atoms with van der Waals surface area (Å²) in [5, 5.41) is 5.95. The van der Waals surface area contributed by atoms with Crippen LogP contribution in [0.25, 0.3) is 11.0 Å². The first-order chi connectivity index (χ1) is 12.1. The van der Waals surface area contributed by atoms with Crippen molar-refractivity contribution in [2.45, 2.75) is 58.0 Å². The fourth-order valence-electron chi connectivity index (χ4n) is 3.49. The van der Waals surface area contributed by atoms with Gasteiger partial charge in [-0.2, -0.15) is 0 Å². The fourth-order valence-corrected chi connectivity index (χ4v) is 3.49. The number of hydrogen-bond donors (Lipinski definition) is 2. The van der Waals surface area contributed by atoms with Crippen LogP contribution in [0, 0.1) is 0 Å². The molecule has 0 bridgehead atoms. The summed E-state index contributed by atoms with van der Waals surface area (Å²) < 4.78 is 2.01. The third kappa shape index (κ3) is 4.59. The lowest BCUT2D eigenvalue weighted by molar-refractivity contribution is -0.122. The van der Waals surface area contributed by atoms with Crippen LogP contribution in [-0.2, 0) is 22.6 Å². The molecule has 0 spiro atoms. The molecule has 1 heterocycles. The molecule has 1 fully saturated rings. The average Bonchev–Trinajstić information content (AvgIpc) is 3.20. The normalized spacial score (nSPS) is 14.8. The Morgan fingerprint density at radius 3 is 2.76 bits per heavy atom. The summed E-state index contributed by atoms with van der Waals surface area (Å²) in [4.78, 5) is 28.1. The van der Waals surface area contributed by atoms with Crippen molar-refractivity contribution in [3.05, 3.63) is 30.1 Å². The Hall–Kier alpha value is -2.37. The summed E-state index contributed by atoms with van der Waals surface area (Å²) in [5.41, 5.74) is 1.89. The number of fused-ring (bicyclic) bond motifs is 1. The zero-order valence-corrected chi connectivity index (χ0v) is 14.8. The smallest absolute Gasteiger partial charge is 0.240 e. The molecule has 6 nitrogen and oxygen atoms in total. The van der Waals surface area contributed by atoms with Gasteiger partial charge in [-0.3, -0.25) is 9.59 Å². The third-order valence-electron chi connectivity index (χ3n) is 4.71. The van der Waals surface area contributed by atoms with Crippen molar-refractivity contribution in [1.82, 2.24) is 20.2 Å². The second kappa shape index (κ2) is 8.14. The van der Waals surface area contributed by atoms with E-state index in [0.717, 1.165) is 42.5 Å². The number of hydrogen-bond acceptors (Lipinski definition) is 3. The van der Waals surface area contributed by atoms with E-state index in [0.29, 0.717) is 19.1 Å². The van der Waals surface area contributed by atoms with Crippen LogP contribution >= 0.6 is 0 Å². The van der Waals surface area contributed by atoms with Crippen LogP contribution in [0.2, 0.25) is 0 Å². The van der Waals surface area contributed by atoms with Gasteiger partial charge in [-0.1, -0.05) is 25.0 Å². The number of para-hydroxylation sites is 2. The van der Waals surface area contributed by atoms with Crippen LogP contribution in [0.4, 0.5) is 0 Å². The standard InChI is InChI=1S/C19H26N4O2/c1-14(24)20-12-6-11-18-22-16-9-4-5-10-17(16)23(18)13-19(25)21-15-7-2-3-8-15/h4-5,9-10,15H,2-3,6-8,11-13H2,1H3,(H,20,24)(H,21,25). The Morgan fingerprint density at radius 2 is 2.00 bits per heavy atom. The first kappa shape index (κ1) is 17.5. The van der Waals surface area contributed by atoms with Crippen molar-refractivity contribution in [1.29, 1.82) is 0 Å². The number of nitrogens with zero attached hydrogens (tertiary/aromatic N) is 2. The van der Waals surface area contributed by atoms with Crippen LogP contribution in [-0.4, -0.2) is 34.0 Å². The van der Waals surface area contributed by atoms with Crippen molar-refractivity contribution < 1.29 is 9.59 Å². The number of rotatable bonds is 7. The van der Waals surface area contributed by atoms with E-state index in [2.05, 4.69) is 15.6 Å². The molecule has 0 unspecified atom stereocenters. The van der Waals surface area contributed by atoms with Gasteiger partial charge in [-0.25, -0.2) is 4.98 Å². The molecule has 2 amide bonds. The Balaban J connectivity index is 1.70. The minimum absolute atomic E-state index is 0.0237. The van der Waals surface area contributed by atoms with Crippen molar-refractivity contribution in [3.8, 4) is 0 Å². The lowest BCUT2D eigenvalue weighted by Crippen LogP contribution is -2.35. The quantitative estimate of drug-likeness (QED) is 0.757. The predicted octanol–water partition coefficient (Wildman–Crippen LogP) is 2.16. The number of aryl methyl sites for hydroxylation is 1. The molecule has 1 aliphatic rings. The minimum atomic E-state index is -0.0237. The number of amides is 2. The molecule has 1 saturated carbocycles. The van der Waals surface area contributed by atoms with Crippen LogP contribution < -0.4 is 10.6 Å². The maximum absolute atomic E-state index is 12.5. The number of aromatic nitrogens is 2. The van der Waals surface area contributed by atoms with E-state index in [1.165, 1.54) is 19.8 Å². The van der Waals surface area contributed by atoms with Gasteiger partial charge < -0.3 is 15.2 Å². The minimum Gasteiger partial charge on any atom is -0.356 e. The zero-order valence-electron chi connectivity index (χ0n) is 14.8. The number of carbonyl (C=O) groups is 2. The molecule has 6 heteroatoms. The monoisotopic (exact) mass is 342 g/mol. The predicted molar refractivity (Wildman–Crippen MR) is 97.1 cm³/mol. The van der Waals surface area contributed by atoms with Gasteiger partial charge in [0.1, 0.15) is 12.4 Å². The van der Waals surface area contributed by atoms with Gasteiger partial charge in [0.05, 0.1) is 11.0 Å². The van der Waals surface area contributed by atoms with Crippen molar-refractivity contribution in [2.24, 2.45) is 0 Å². The summed E-state index contributed by atoms with van der Waals surface area (Å²) in [6.07, 6.45) is 6.10. The lowest BCUT2D eigenvalue weighted by atomic mass is 10.2. The van der Waals surface area contributed by atoms with Gasteiger partial charge in [-0.15, -0.1) is 0 Å². The van der Waals surface area contributed by atoms with E-state index >= 15 is 0 Å². The molecule has 2 N–H and O–H groups in total. The van der Waals surface area contributed by atoms with Crippen LogP contribution in [0.3, 0.4) is 0 Å². The number of benzene rings is 1. The number of carbonyl (C=O) groups excluding carboxylic acids is 2. The van der Waals surface area contributed by atoms with Gasteiger partial charge in [0.25, 0.3) is 0 Å². The Labute approximate surface area is 148 Å². The SMILES string of the molecule is CC(=O)NCCCc1nc2ccccc2n1CC(=O)NC1CCCC1. The molecule has 0 atom stereocenters. The summed E-state index contributed by atoms with van der Waals surface area (Å²) in [7, 11) is 0. The van der Waals surface area contributed by atoms with Gasteiger partial charge in [0.15, 0.2) is 0 Å². The molecule has 1 aliphatic carbocycles. The maximum Gasteiger partial charge on any atom is 0.240 e. The average molecular weight is 342 g/mol. The summed E-state index contributed by atoms with van der Waals surface area (Å²) in [6.45, 7) is 2.43. The van der Waals surface area contributed by atoms with E-state index in [-0.39, 0.29) is 11.8 Å². The van der Waals surface area contributed by atoms with E-state index in [9.17, 15) is 9.59 Å². The van der Waals surface area contributed by atoms with E-state index in [1.54, 1.807) is 0 Å². The largest absolute Gasteiger partial charge is 0.356 e. The van der Waals surface area contributed by atoms with Crippen LogP contribution in [0.1, 0.15) is 44.9 Å². The molecule has 3 rings (SSSR count). The highest BCUT2D eigenvalue weighted by Gasteiger charge is 2.19. The first-order valence-corrected chi connectivity index (χ1v) is 9.11. The van der Waals surface area contributed by atoms with E-state index in [4.69, 9.17) is 0 Å². The van der Waals surface area contributed by atoms with Gasteiger partial charge in [0, 0.05) is 25.9 Å². The topological polar surface area (TPSA) is 76.0 Å². The Bertz CT molecular complexity index is 747. The summed E-state index contributed by atoms with van der Waals surface area (Å²) in [6, 6.07) is 8.22. The van der Waals surface area contributed by atoms with E-state index < -0.39 is 0 Å². The second-order valence-corrected chi connectivity index (χ2v) is 6.74. The van der Waals surface area contributed by atoms with Crippen molar-refractivity contribution >= 4 is 22.8 Å². The molecule has 2 aromatic rings. The molecule has 1 aromatic carbocycles. The highest BCUT2D eigenvalue weighted by atomic mass is 16.2. The fraction of sp³-hybridized carbons (Fsp3) is 0.526. The summed E-state index contributed by atoms with van der Waals surface area (Å²) >= 11 is 0. The molecule has 0 saturated heterocycles. The first-order valence-electron chi connectivity index (χ1n) is 9.11. The third-order valence-corrected chi connectivity index (χ3v) is 4.71. The highest BCUT2D eigenvalue weighted by molar-refractivity contribution is 5.81. The van der Waals surface area contributed by atoms with Crippen LogP contribution in [0.15, 0.2) is 24.3 Å². The van der Waals surface area contributed by atoms with Crippen molar-refractivity contribution in [3.63, 3.8) is 0 Å². The molecule has 25 heavy (non-hydrogen) atoms. The lowest BCUT2D eigenvalue weighted by Gasteiger charge is -2.14. The van der Waals surface area contributed by atoms with Gasteiger partial charge in [-0.05, 0) is 31.4 Å². The zero-order chi connectivity index (χ0) is 17.6. The molecular formula is C19H26N4O2. The molecule has 1 aromatic heterocycles. The van der Waals surface area contributed by atoms with E-state index in [1.807, 2.05) is 28.8 Å². The molecular weight excluding hydrogens is 316 g/mol. The molecule has 134 valence electrons. The van der Waals surface area contributed by atoms with Gasteiger partial charge >= 0.3 is 0 Å². The van der Waals surface area contributed by atoms with Crippen LogP contribution in [0.5, 0.6) is 0 Å². The Morgan fingerprint density at radius 1 is 1.24 bits per heavy atom.